The molecule has 9 heteroatoms. The van der Waals surface area contributed by atoms with Crippen LogP contribution in [0.2, 0.25) is 10.0 Å². The zero-order chi connectivity index (χ0) is 19.6. The predicted molar refractivity (Wildman–Crippen MR) is 99.7 cm³/mol. The van der Waals surface area contributed by atoms with Crippen molar-refractivity contribution in [1.29, 1.82) is 0 Å². The first-order valence-electron chi connectivity index (χ1n) is 7.66. The number of nitrogens with zero attached hydrogens (tertiary/aromatic N) is 3. The van der Waals surface area contributed by atoms with E-state index in [0.29, 0.717) is 27.1 Å². The summed E-state index contributed by atoms with van der Waals surface area (Å²) in [5.74, 6) is -1.95. The maximum absolute atomic E-state index is 12.5. The number of aryl methyl sites for hydroxylation is 2. The molecule has 0 aliphatic heterocycles. The average molecular weight is 397 g/mol. The molecule has 138 valence electrons. The summed E-state index contributed by atoms with van der Waals surface area (Å²) in [6, 6.07) is 4.63. The third kappa shape index (κ3) is 4.23. The maximum atomic E-state index is 12.5. The first-order valence-corrected chi connectivity index (χ1v) is 8.42. The van der Waals surface area contributed by atoms with Crippen molar-refractivity contribution in [2.24, 2.45) is 7.05 Å². The summed E-state index contributed by atoms with van der Waals surface area (Å²) in [5.41, 5.74) is 1.76. The van der Waals surface area contributed by atoms with Gasteiger partial charge in [0.05, 0.1) is 27.8 Å². The van der Waals surface area contributed by atoms with Crippen LogP contribution in [0.25, 0.3) is 0 Å². The second-order valence-corrected chi connectivity index (χ2v) is 6.65. The van der Waals surface area contributed by atoms with Gasteiger partial charge in [0.25, 0.3) is 11.7 Å². The molecule has 1 aromatic carbocycles. The SMILES string of the molecule is Cc1nn(C)c(C)c1C(=O)C(=O)N(C)CC(=O)Nc1ccc(Cl)c(Cl)c1. The third-order valence-corrected chi connectivity index (χ3v) is 4.60. The minimum atomic E-state index is -0.784. The van der Waals surface area contributed by atoms with E-state index in [1.807, 2.05) is 0 Å². The van der Waals surface area contributed by atoms with Crippen molar-refractivity contribution in [3.8, 4) is 0 Å². The number of Topliss-reactive ketones (excluding diaryl/α,β-unsaturated/α-hetero) is 1. The third-order valence-electron chi connectivity index (χ3n) is 3.86. The summed E-state index contributed by atoms with van der Waals surface area (Å²) in [6.07, 6.45) is 0. The van der Waals surface area contributed by atoms with E-state index >= 15 is 0 Å². The fraction of sp³-hybridized carbons (Fsp3) is 0.294. The van der Waals surface area contributed by atoms with Crippen LogP contribution in [0.15, 0.2) is 18.2 Å². The van der Waals surface area contributed by atoms with Gasteiger partial charge < -0.3 is 10.2 Å². The number of likely N-dealkylation sites (N-methyl/N-ethyl adjacent to an activating group) is 1. The summed E-state index contributed by atoms with van der Waals surface area (Å²) >= 11 is 11.7. The van der Waals surface area contributed by atoms with Gasteiger partial charge in [-0.05, 0) is 32.0 Å². The largest absolute Gasteiger partial charge is 0.330 e. The lowest BCUT2D eigenvalue weighted by Crippen LogP contribution is -2.39. The van der Waals surface area contributed by atoms with Crippen LogP contribution in [-0.4, -0.2) is 45.9 Å². The normalized spacial score (nSPS) is 10.5. The van der Waals surface area contributed by atoms with Gasteiger partial charge in [-0.25, -0.2) is 0 Å². The van der Waals surface area contributed by atoms with E-state index in [4.69, 9.17) is 23.2 Å². The van der Waals surface area contributed by atoms with Crippen LogP contribution in [0.1, 0.15) is 21.7 Å². The standard InChI is InChI=1S/C17H18Cl2N4O3/c1-9-15(10(2)23(4)21-9)16(25)17(26)22(3)8-14(24)20-11-5-6-12(18)13(19)7-11/h5-7H,8H2,1-4H3,(H,20,24). The Kier molecular flexibility index (Phi) is 6.05. The molecular formula is C17H18Cl2N4O3. The second-order valence-electron chi connectivity index (χ2n) is 5.84. The molecule has 0 unspecified atom stereocenters. The van der Waals surface area contributed by atoms with Crippen LogP contribution in [0, 0.1) is 13.8 Å². The molecule has 0 aliphatic carbocycles. The number of carbonyl (C=O) groups excluding carboxylic acids is 3. The lowest BCUT2D eigenvalue weighted by Gasteiger charge is -2.16. The van der Waals surface area contributed by atoms with Crippen molar-refractivity contribution in [3.63, 3.8) is 0 Å². The minimum absolute atomic E-state index is 0.259. The zero-order valence-corrected chi connectivity index (χ0v) is 16.3. The van der Waals surface area contributed by atoms with E-state index in [0.717, 1.165) is 4.90 Å². The Balaban J connectivity index is 2.04. The molecule has 2 amide bonds. The second kappa shape index (κ2) is 7.88. The average Bonchev–Trinajstić information content (AvgIpc) is 2.82. The molecule has 0 saturated heterocycles. The molecule has 1 heterocycles. The number of anilines is 1. The van der Waals surface area contributed by atoms with Crippen LogP contribution >= 0.6 is 23.2 Å². The molecule has 1 aromatic heterocycles. The topological polar surface area (TPSA) is 84.3 Å². The number of carbonyl (C=O) groups is 3. The van der Waals surface area contributed by atoms with E-state index in [9.17, 15) is 14.4 Å². The van der Waals surface area contributed by atoms with Crippen molar-refractivity contribution in [2.75, 3.05) is 18.9 Å². The molecule has 0 aliphatic rings. The van der Waals surface area contributed by atoms with Crippen molar-refractivity contribution >= 4 is 46.5 Å². The number of halogens is 2. The molecule has 0 atom stereocenters. The highest BCUT2D eigenvalue weighted by atomic mass is 35.5. The Labute approximate surface area is 160 Å². The van der Waals surface area contributed by atoms with Crippen LogP contribution in [0.5, 0.6) is 0 Å². The number of hydrogen-bond donors (Lipinski definition) is 1. The van der Waals surface area contributed by atoms with Gasteiger partial charge in [-0.3, -0.25) is 19.1 Å². The van der Waals surface area contributed by atoms with Gasteiger partial charge in [0.2, 0.25) is 5.91 Å². The Morgan fingerprint density at radius 3 is 2.38 bits per heavy atom. The number of hydrogen-bond acceptors (Lipinski definition) is 4. The monoisotopic (exact) mass is 396 g/mol. The Morgan fingerprint density at radius 1 is 1.19 bits per heavy atom. The summed E-state index contributed by atoms with van der Waals surface area (Å²) in [5, 5.41) is 7.39. The fourth-order valence-electron chi connectivity index (χ4n) is 2.44. The highest BCUT2D eigenvalue weighted by Crippen LogP contribution is 2.25. The van der Waals surface area contributed by atoms with Crippen LogP contribution < -0.4 is 5.32 Å². The number of benzene rings is 1. The van der Waals surface area contributed by atoms with Crippen molar-refractivity contribution in [2.45, 2.75) is 13.8 Å². The molecular weight excluding hydrogens is 379 g/mol. The Hall–Kier alpha value is -2.38. The van der Waals surface area contributed by atoms with E-state index in [1.165, 1.54) is 17.8 Å². The smallest absolute Gasteiger partial charge is 0.295 e. The first-order chi connectivity index (χ1) is 12.1. The number of aromatic nitrogens is 2. The minimum Gasteiger partial charge on any atom is -0.330 e. The molecule has 2 aromatic rings. The van der Waals surface area contributed by atoms with E-state index in [-0.39, 0.29) is 12.1 Å². The molecule has 0 radical (unpaired) electrons. The Bertz CT molecular complexity index is 892. The van der Waals surface area contributed by atoms with Crippen LogP contribution in [-0.2, 0) is 16.6 Å². The molecule has 0 spiro atoms. The van der Waals surface area contributed by atoms with Gasteiger partial charge in [-0.2, -0.15) is 5.10 Å². The van der Waals surface area contributed by atoms with Gasteiger partial charge in [0, 0.05) is 25.5 Å². The molecule has 2 rings (SSSR count). The van der Waals surface area contributed by atoms with Crippen LogP contribution in [0.3, 0.4) is 0 Å². The quantitative estimate of drug-likeness (QED) is 0.621. The number of ketones is 1. The van der Waals surface area contributed by atoms with Gasteiger partial charge >= 0.3 is 0 Å². The van der Waals surface area contributed by atoms with E-state index in [2.05, 4.69) is 10.4 Å². The predicted octanol–water partition coefficient (Wildman–Crippen LogP) is 2.62. The van der Waals surface area contributed by atoms with Crippen molar-refractivity contribution < 1.29 is 14.4 Å². The van der Waals surface area contributed by atoms with Gasteiger partial charge in [0.15, 0.2) is 0 Å². The van der Waals surface area contributed by atoms with Gasteiger partial charge in [-0.15, -0.1) is 0 Å². The zero-order valence-electron chi connectivity index (χ0n) is 14.8. The number of rotatable bonds is 5. The maximum Gasteiger partial charge on any atom is 0.295 e. The van der Waals surface area contributed by atoms with Crippen molar-refractivity contribution in [1.82, 2.24) is 14.7 Å². The highest BCUT2D eigenvalue weighted by Gasteiger charge is 2.27. The highest BCUT2D eigenvalue weighted by molar-refractivity contribution is 6.43. The number of amides is 2. The molecule has 1 N–H and O–H groups in total. The first kappa shape index (κ1) is 19.9. The summed E-state index contributed by atoms with van der Waals surface area (Å²) < 4.78 is 1.53. The van der Waals surface area contributed by atoms with Gasteiger partial charge in [-0.1, -0.05) is 23.2 Å². The van der Waals surface area contributed by atoms with E-state index in [1.54, 1.807) is 33.0 Å². The molecule has 0 bridgehead atoms. The summed E-state index contributed by atoms with van der Waals surface area (Å²) in [4.78, 5) is 38.0. The number of nitrogens with one attached hydrogen (secondary N) is 1. The summed E-state index contributed by atoms with van der Waals surface area (Å²) in [7, 11) is 3.08. The molecule has 7 nitrogen and oxygen atoms in total. The fourth-order valence-corrected chi connectivity index (χ4v) is 2.74. The van der Waals surface area contributed by atoms with E-state index < -0.39 is 17.6 Å². The van der Waals surface area contributed by atoms with Crippen LogP contribution in [0.4, 0.5) is 5.69 Å². The Morgan fingerprint density at radius 2 is 1.85 bits per heavy atom. The lowest BCUT2D eigenvalue weighted by molar-refractivity contribution is -0.129. The summed E-state index contributed by atoms with van der Waals surface area (Å²) in [6.45, 7) is 3.07. The van der Waals surface area contributed by atoms with Crippen molar-refractivity contribution in [3.05, 3.63) is 45.2 Å². The molecule has 0 fully saturated rings. The molecule has 26 heavy (non-hydrogen) atoms. The lowest BCUT2D eigenvalue weighted by atomic mass is 10.1. The van der Waals surface area contributed by atoms with Gasteiger partial charge in [0.1, 0.15) is 0 Å². The molecule has 0 saturated carbocycles.